The summed E-state index contributed by atoms with van der Waals surface area (Å²) in [6.45, 7) is 1.50. The molecule has 7 N–H and O–H groups in total. The summed E-state index contributed by atoms with van der Waals surface area (Å²) in [4.78, 5) is 0. The summed E-state index contributed by atoms with van der Waals surface area (Å²) in [6.07, 6.45) is -2.30. The van der Waals surface area contributed by atoms with Gasteiger partial charge in [-0.2, -0.15) is 0 Å². The number of aliphatic hydroxyl groups excluding tert-OH is 4. The molecular formula is C13H27NO6. The van der Waals surface area contributed by atoms with Crippen molar-refractivity contribution in [2.45, 2.75) is 75.3 Å². The van der Waals surface area contributed by atoms with E-state index in [0.29, 0.717) is 6.42 Å². The quantitative estimate of drug-likeness (QED) is 0.313. The minimum absolute atomic E-state index is 0.0713. The molecule has 6 atom stereocenters. The first-order valence-corrected chi connectivity index (χ1v) is 7.16. The van der Waals surface area contributed by atoms with Crippen molar-refractivity contribution in [3.05, 3.63) is 0 Å². The van der Waals surface area contributed by atoms with Gasteiger partial charge in [-0.15, -0.1) is 0 Å². The minimum Gasteiger partial charge on any atom is -0.394 e. The summed E-state index contributed by atoms with van der Waals surface area (Å²) in [7, 11) is 0. The summed E-state index contributed by atoms with van der Waals surface area (Å²) in [5.41, 5.74) is 5.90. The number of nitrogens with two attached hydrogens (primary N) is 1. The molecular weight excluding hydrogens is 266 g/mol. The van der Waals surface area contributed by atoms with Crippen molar-refractivity contribution in [1.29, 1.82) is 0 Å². The van der Waals surface area contributed by atoms with Crippen LogP contribution < -0.4 is 5.73 Å². The molecule has 0 aromatic carbocycles. The number of aliphatic hydroxyl groups is 5. The molecule has 1 rings (SSSR count). The van der Waals surface area contributed by atoms with Crippen LogP contribution in [0, 0.1) is 0 Å². The molecule has 1 aliphatic rings. The van der Waals surface area contributed by atoms with Crippen LogP contribution in [0.15, 0.2) is 0 Å². The van der Waals surface area contributed by atoms with Crippen molar-refractivity contribution in [1.82, 2.24) is 0 Å². The summed E-state index contributed by atoms with van der Waals surface area (Å²) in [5, 5.41) is 48.6. The van der Waals surface area contributed by atoms with Crippen molar-refractivity contribution in [2.75, 3.05) is 6.61 Å². The van der Waals surface area contributed by atoms with Crippen LogP contribution in [0.1, 0.15) is 39.0 Å². The maximum absolute atomic E-state index is 10.3. The van der Waals surface area contributed by atoms with Crippen molar-refractivity contribution < 1.29 is 30.3 Å². The average Bonchev–Trinajstić information content (AvgIpc) is 2.41. The zero-order chi connectivity index (χ0) is 15.3. The molecule has 0 aliphatic carbocycles. The maximum Gasteiger partial charge on any atom is 0.196 e. The molecule has 0 aromatic rings. The molecule has 7 heteroatoms. The fourth-order valence-corrected chi connectivity index (χ4v) is 2.52. The van der Waals surface area contributed by atoms with Crippen molar-refractivity contribution >= 4 is 0 Å². The largest absolute Gasteiger partial charge is 0.394 e. The first kappa shape index (κ1) is 17.8. The molecule has 1 fully saturated rings. The lowest BCUT2D eigenvalue weighted by atomic mass is 9.88. The highest BCUT2D eigenvalue weighted by Crippen LogP contribution is 2.32. The van der Waals surface area contributed by atoms with Gasteiger partial charge in [-0.1, -0.05) is 26.2 Å². The summed E-state index contributed by atoms with van der Waals surface area (Å²) >= 11 is 0. The lowest BCUT2D eigenvalue weighted by Gasteiger charge is -2.46. The van der Waals surface area contributed by atoms with Gasteiger partial charge in [0.05, 0.1) is 6.61 Å². The molecule has 1 aliphatic heterocycles. The molecule has 1 heterocycles. The Morgan fingerprint density at radius 3 is 2.40 bits per heavy atom. The molecule has 1 saturated heterocycles. The summed E-state index contributed by atoms with van der Waals surface area (Å²) in [5.74, 6) is -2.06. The lowest BCUT2D eigenvalue weighted by Crippen LogP contribution is -2.66. The van der Waals surface area contributed by atoms with Gasteiger partial charge in [-0.3, -0.25) is 0 Å². The Bertz CT molecular complexity index is 290. The van der Waals surface area contributed by atoms with Gasteiger partial charge in [-0.25, -0.2) is 0 Å². The number of hydrogen-bond acceptors (Lipinski definition) is 7. The zero-order valence-corrected chi connectivity index (χ0v) is 11.9. The molecule has 1 unspecified atom stereocenters. The van der Waals surface area contributed by atoms with Gasteiger partial charge in [0.15, 0.2) is 5.79 Å². The van der Waals surface area contributed by atoms with Gasteiger partial charge in [-0.05, 0) is 6.42 Å². The van der Waals surface area contributed by atoms with Crippen molar-refractivity contribution in [3.8, 4) is 0 Å². The van der Waals surface area contributed by atoms with E-state index in [9.17, 15) is 20.4 Å². The summed E-state index contributed by atoms with van der Waals surface area (Å²) in [6, 6.07) is -0.400. The predicted octanol–water partition coefficient (Wildman–Crippen LogP) is -1.55. The molecule has 0 bridgehead atoms. The zero-order valence-electron chi connectivity index (χ0n) is 11.9. The van der Waals surface area contributed by atoms with Crippen LogP contribution in [0.4, 0.5) is 0 Å². The van der Waals surface area contributed by atoms with Crippen LogP contribution in [-0.2, 0) is 4.74 Å². The second-order valence-corrected chi connectivity index (χ2v) is 5.57. The van der Waals surface area contributed by atoms with E-state index in [1.54, 1.807) is 0 Å². The minimum atomic E-state index is -2.06. The standard InChI is InChI=1S/C13H27NO6/c1-2-3-4-5-8(14)6-13(19)12(18)11(17)10(16)9(7-15)20-13/h8-12,15-19H,2-7,14H2,1H3/t8?,9-,10-,11+,12-,13-/m1/s1. The number of rotatable bonds is 7. The van der Waals surface area contributed by atoms with E-state index >= 15 is 0 Å². The van der Waals surface area contributed by atoms with Crippen molar-refractivity contribution in [3.63, 3.8) is 0 Å². The monoisotopic (exact) mass is 293 g/mol. The van der Waals surface area contributed by atoms with Crippen LogP contribution in [0.2, 0.25) is 0 Å². The number of ether oxygens (including phenoxy) is 1. The van der Waals surface area contributed by atoms with Crippen LogP contribution in [0.3, 0.4) is 0 Å². The van der Waals surface area contributed by atoms with Crippen LogP contribution in [-0.4, -0.2) is 68.4 Å². The Balaban J connectivity index is 2.64. The smallest absolute Gasteiger partial charge is 0.196 e. The number of hydrogen-bond donors (Lipinski definition) is 6. The van der Waals surface area contributed by atoms with E-state index in [1.165, 1.54) is 0 Å². The van der Waals surface area contributed by atoms with E-state index in [0.717, 1.165) is 19.3 Å². The second kappa shape index (κ2) is 7.65. The highest BCUT2D eigenvalue weighted by molar-refractivity contribution is 4.97. The first-order valence-electron chi connectivity index (χ1n) is 7.16. The van der Waals surface area contributed by atoms with E-state index < -0.39 is 42.9 Å². The molecule has 120 valence electrons. The Morgan fingerprint density at radius 1 is 1.20 bits per heavy atom. The molecule has 7 nitrogen and oxygen atoms in total. The Kier molecular flexibility index (Phi) is 6.80. The SMILES string of the molecule is CCCCCC(N)C[C@@]1(O)O[C@H](CO)[C@@H](O)[C@H](O)[C@H]1O. The normalized spacial score (nSPS) is 39.8. The first-order chi connectivity index (χ1) is 9.35. The second-order valence-electron chi connectivity index (χ2n) is 5.57. The highest BCUT2D eigenvalue weighted by Gasteiger charge is 2.52. The lowest BCUT2D eigenvalue weighted by molar-refractivity contribution is -0.352. The van der Waals surface area contributed by atoms with Crippen LogP contribution in [0.5, 0.6) is 0 Å². The van der Waals surface area contributed by atoms with Gasteiger partial charge in [0, 0.05) is 12.5 Å². The average molecular weight is 293 g/mol. The molecule has 0 spiro atoms. The molecule has 0 radical (unpaired) electrons. The fraction of sp³-hybridized carbons (Fsp3) is 1.00. The van der Waals surface area contributed by atoms with E-state index in [1.807, 2.05) is 0 Å². The Labute approximate surface area is 119 Å². The predicted molar refractivity (Wildman–Crippen MR) is 71.7 cm³/mol. The van der Waals surface area contributed by atoms with Gasteiger partial charge in [0.25, 0.3) is 0 Å². The molecule has 0 saturated carbocycles. The third-order valence-electron chi connectivity index (χ3n) is 3.79. The van der Waals surface area contributed by atoms with Crippen LogP contribution >= 0.6 is 0 Å². The van der Waals surface area contributed by atoms with Gasteiger partial charge >= 0.3 is 0 Å². The van der Waals surface area contributed by atoms with Crippen LogP contribution in [0.25, 0.3) is 0 Å². The third-order valence-corrected chi connectivity index (χ3v) is 3.79. The van der Waals surface area contributed by atoms with E-state index in [-0.39, 0.29) is 6.42 Å². The molecule has 0 amide bonds. The van der Waals surface area contributed by atoms with E-state index in [2.05, 4.69) is 6.92 Å². The highest BCUT2D eigenvalue weighted by atomic mass is 16.7. The molecule has 0 aromatic heterocycles. The van der Waals surface area contributed by atoms with Gasteiger partial charge in [0.2, 0.25) is 0 Å². The molecule has 20 heavy (non-hydrogen) atoms. The van der Waals surface area contributed by atoms with Crippen molar-refractivity contribution in [2.24, 2.45) is 5.73 Å². The maximum atomic E-state index is 10.3. The Morgan fingerprint density at radius 2 is 1.85 bits per heavy atom. The topological polar surface area (TPSA) is 136 Å². The number of unbranched alkanes of at least 4 members (excludes halogenated alkanes) is 2. The van der Waals surface area contributed by atoms with Gasteiger partial charge < -0.3 is 36.0 Å². The third kappa shape index (κ3) is 4.11. The fourth-order valence-electron chi connectivity index (χ4n) is 2.52. The Hall–Kier alpha value is -0.280. The van der Waals surface area contributed by atoms with E-state index in [4.69, 9.17) is 15.6 Å². The summed E-state index contributed by atoms with van der Waals surface area (Å²) < 4.78 is 5.16. The van der Waals surface area contributed by atoms with Gasteiger partial charge in [0.1, 0.15) is 24.4 Å².